The van der Waals surface area contributed by atoms with Crippen molar-refractivity contribution < 1.29 is 18.3 Å². The van der Waals surface area contributed by atoms with E-state index >= 15 is 0 Å². The summed E-state index contributed by atoms with van der Waals surface area (Å²) in [7, 11) is 0. The Bertz CT molecular complexity index is 164. The third-order valence-corrected chi connectivity index (χ3v) is 2.04. The van der Waals surface area contributed by atoms with Gasteiger partial charge < -0.3 is 10.4 Å². The first kappa shape index (κ1) is 14.7. The zero-order valence-electron chi connectivity index (χ0n) is 9.14. The number of likely N-dealkylation sites (N-methyl/N-ethyl adjacent to an activating group) is 2. The molecule has 0 aliphatic carbocycles. The molecule has 0 rings (SSSR count). The maximum absolute atomic E-state index is 12.1. The highest BCUT2D eigenvalue weighted by atomic mass is 19.4. The number of aliphatic hydroxyl groups excluding tert-OH is 1. The zero-order valence-corrected chi connectivity index (χ0v) is 9.14. The SMILES string of the molecule is CCNC(CO)CN(CC)CC(F)(F)F. The zero-order chi connectivity index (χ0) is 11.9. The third kappa shape index (κ3) is 7.58. The van der Waals surface area contributed by atoms with Crippen molar-refractivity contribution in [3.05, 3.63) is 0 Å². The molecule has 15 heavy (non-hydrogen) atoms. The van der Waals surface area contributed by atoms with Crippen LogP contribution >= 0.6 is 0 Å². The predicted octanol–water partition coefficient (Wildman–Crippen LogP) is 0.841. The molecule has 1 unspecified atom stereocenters. The number of hydrogen-bond acceptors (Lipinski definition) is 3. The van der Waals surface area contributed by atoms with Crippen LogP contribution in [0.15, 0.2) is 0 Å². The lowest BCUT2D eigenvalue weighted by Gasteiger charge is -2.26. The molecule has 0 aromatic carbocycles. The van der Waals surface area contributed by atoms with Gasteiger partial charge in [-0.3, -0.25) is 4.90 Å². The summed E-state index contributed by atoms with van der Waals surface area (Å²) in [5, 5.41) is 11.9. The first-order valence-electron chi connectivity index (χ1n) is 5.06. The number of aliphatic hydroxyl groups is 1. The largest absolute Gasteiger partial charge is 0.401 e. The number of rotatable bonds is 7. The van der Waals surface area contributed by atoms with Crippen LogP contribution in [0.3, 0.4) is 0 Å². The van der Waals surface area contributed by atoms with Crippen molar-refractivity contribution in [3.8, 4) is 0 Å². The second-order valence-corrected chi connectivity index (χ2v) is 3.38. The molecule has 2 N–H and O–H groups in total. The number of nitrogens with zero attached hydrogens (tertiary/aromatic N) is 1. The lowest BCUT2D eigenvalue weighted by molar-refractivity contribution is -0.146. The number of hydrogen-bond donors (Lipinski definition) is 2. The summed E-state index contributed by atoms with van der Waals surface area (Å²) in [6.45, 7) is 3.61. The van der Waals surface area contributed by atoms with E-state index in [1.54, 1.807) is 6.92 Å². The van der Waals surface area contributed by atoms with Gasteiger partial charge in [0.05, 0.1) is 13.2 Å². The highest BCUT2D eigenvalue weighted by molar-refractivity contribution is 4.72. The highest BCUT2D eigenvalue weighted by Crippen LogP contribution is 2.16. The molecule has 0 saturated heterocycles. The lowest BCUT2D eigenvalue weighted by Crippen LogP contribution is -2.46. The van der Waals surface area contributed by atoms with Crippen LogP contribution in [0.4, 0.5) is 13.2 Å². The Labute approximate surface area is 88.3 Å². The highest BCUT2D eigenvalue weighted by Gasteiger charge is 2.30. The molecule has 3 nitrogen and oxygen atoms in total. The Morgan fingerprint density at radius 1 is 1.33 bits per heavy atom. The summed E-state index contributed by atoms with van der Waals surface area (Å²) in [6.07, 6.45) is -4.18. The lowest BCUT2D eigenvalue weighted by atomic mass is 10.2. The normalized spacial score (nSPS) is 14.6. The molecule has 6 heteroatoms. The van der Waals surface area contributed by atoms with Gasteiger partial charge in [0.15, 0.2) is 0 Å². The van der Waals surface area contributed by atoms with Gasteiger partial charge in [-0.25, -0.2) is 0 Å². The van der Waals surface area contributed by atoms with E-state index < -0.39 is 12.7 Å². The van der Waals surface area contributed by atoms with E-state index in [2.05, 4.69) is 5.32 Å². The monoisotopic (exact) mass is 228 g/mol. The van der Waals surface area contributed by atoms with E-state index in [0.29, 0.717) is 13.1 Å². The van der Waals surface area contributed by atoms with Crippen molar-refractivity contribution in [2.24, 2.45) is 0 Å². The molecule has 0 saturated carbocycles. The van der Waals surface area contributed by atoms with Crippen molar-refractivity contribution in [3.63, 3.8) is 0 Å². The Kier molecular flexibility index (Phi) is 6.87. The van der Waals surface area contributed by atoms with E-state index in [1.807, 2.05) is 6.92 Å². The van der Waals surface area contributed by atoms with Crippen LogP contribution in [0.5, 0.6) is 0 Å². The van der Waals surface area contributed by atoms with Crippen LogP contribution in [0.1, 0.15) is 13.8 Å². The van der Waals surface area contributed by atoms with Gasteiger partial charge in [-0.2, -0.15) is 13.2 Å². The molecule has 92 valence electrons. The predicted molar refractivity (Wildman–Crippen MR) is 52.7 cm³/mol. The quantitative estimate of drug-likeness (QED) is 0.678. The summed E-state index contributed by atoms with van der Waals surface area (Å²) in [5.74, 6) is 0. The fraction of sp³-hybridized carbons (Fsp3) is 1.00. The fourth-order valence-electron chi connectivity index (χ4n) is 1.35. The van der Waals surface area contributed by atoms with Crippen LogP contribution in [-0.4, -0.2) is 55.0 Å². The number of nitrogens with one attached hydrogen (secondary N) is 1. The molecule has 0 aliphatic heterocycles. The maximum Gasteiger partial charge on any atom is 0.401 e. The van der Waals surface area contributed by atoms with E-state index in [9.17, 15) is 13.2 Å². The molecule has 0 radical (unpaired) electrons. The minimum absolute atomic E-state index is 0.151. The van der Waals surface area contributed by atoms with Crippen LogP contribution in [-0.2, 0) is 0 Å². The van der Waals surface area contributed by atoms with Gasteiger partial charge in [0.1, 0.15) is 0 Å². The van der Waals surface area contributed by atoms with Crippen molar-refractivity contribution in [2.75, 3.05) is 32.8 Å². The topological polar surface area (TPSA) is 35.5 Å². The summed E-state index contributed by atoms with van der Waals surface area (Å²) < 4.78 is 36.3. The Hall–Kier alpha value is -0.330. The summed E-state index contributed by atoms with van der Waals surface area (Å²) in [5.41, 5.74) is 0. The van der Waals surface area contributed by atoms with Crippen molar-refractivity contribution in [1.29, 1.82) is 0 Å². The molecule has 0 spiro atoms. The van der Waals surface area contributed by atoms with E-state index in [4.69, 9.17) is 5.11 Å². The summed E-state index contributed by atoms with van der Waals surface area (Å²) >= 11 is 0. The molecule has 0 amide bonds. The minimum Gasteiger partial charge on any atom is -0.395 e. The van der Waals surface area contributed by atoms with Gasteiger partial charge in [-0.05, 0) is 13.1 Å². The van der Waals surface area contributed by atoms with Gasteiger partial charge >= 0.3 is 6.18 Å². The second-order valence-electron chi connectivity index (χ2n) is 3.38. The van der Waals surface area contributed by atoms with Crippen LogP contribution < -0.4 is 5.32 Å². The minimum atomic E-state index is -4.18. The molecule has 0 heterocycles. The van der Waals surface area contributed by atoms with Crippen molar-refractivity contribution in [2.45, 2.75) is 26.1 Å². The second kappa shape index (κ2) is 7.03. The van der Waals surface area contributed by atoms with E-state index in [0.717, 1.165) is 0 Å². The molecular weight excluding hydrogens is 209 g/mol. The Morgan fingerprint density at radius 3 is 2.27 bits per heavy atom. The van der Waals surface area contributed by atoms with Crippen LogP contribution in [0.2, 0.25) is 0 Å². The molecule has 0 aliphatic rings. The molecule has 0 fully saturated rings. The van der Waals surface area contributed by atoms with Crippen molar-refractivity contribution in [1.82, 2.24) is 10.2 Å². The van der Waals surface area contributed by atoms with Gasteiger partial charge in [-0.15, -0.1) is 0 Å². The van der Waals surface area contributed by atoms with Crippen LogP contribution in [0, 0.1) is 0 Å². The van der Waals surface area contributed by atoms with Gasteiger partial charge in [0.25, 0.3) is 0 Å². The third-order valence-electron chi connectivity index (χ3n) is 2.04. The van der Waals surface area contributed by atoms with E-state index in [-0.39, 0.29) is 19.2 Å². The standard InChI is InChI=1S/C9H19F3N2O/c1-3-13-8(6-15)5-14(4-2)7-9(10,11)12/h8,13,15H,3-7H2,1-2H3. The Morgan fingerprint density at radius 2 is 1.93 bits per heavy atom. The van der Waals surface area contributed by atoms with Gasteiger partial charge in [0.2, 0.25) is 0 Å². The van der Waals surface area contributed by atoms with Crippen LogP contribution in [0.25, 0.3) is 0 Å². The first-order chi connectivity index (χ1) is 6.92. The smallest absolute Gasteiger partial charge is 0.395 e. The molecule has 1 atom stereocenters. The van der Waals surface area contributed by atoms with Gasteiger partial charge in [-0.1, -0.05) is 13.8 Å². The molecule has 0 aromatic rings. The van der Waals surface area contributed by atoms with Gasteiger partial charge in [0, 0.05) is 12.6 Å². The molecular formula is C9H19F3N2O. The first-order valence-corrected chi connectivity index (χ1v) is 5.06. The molecule has 0 bridgehead atoms. The molecule has 0 aromatic heterocycles. The fourth-order valence-corrected chi connectivity index (χ4v) is 1.35. The average molecular weight is 228 g/mol. The summed E-state index contributed by atoms with van der Waals surface area (Å²) in [6, 6.07) is -0.294. The van der Waals surface area contributed by atoms with Crippen molar-refractivity contribution >= 4 is 0 Å². The van der Waals surface area contributed by atoms with E-state index in [1.165, 1.54) is 4.90 Å². The average Bonchev–Trinajstić information content (AvgIpc) is 2.13. The number of halogens is 3. The number of alkyl halides is 3. The summed E-state index contributed by atoms with van der Waals surface area (Å²) in [4.78, 5) is 1.27. The Balaban J connectivity index is 4.06. The maximum atomic E-state index is 12.1.